The lowest BCUT2D eigenvalue weighted by Gasteiger charge is -2.01. The molecule has 5 heteroatoms. The first-order valence-electron chi connectivity index (χ1n) is 4.69. The zero-order valence-electron chi connectivity index (χ0n) is 8.73. The van der Waals surface area contributed by atoms with Crippen molar-refractivity contribution in [3.63, 3.8) is 0 Å². The van der Waals surface area contributed by atoms with Gasteiger partial charge in [-0.25, -0.2) is 4.98 Å². The zero-order chi connectivity index (χ0) is 11.5. The molecule has 0 bridgehead atoms. The van der Waals surface area contributed by atoms with Gasteiger partial charge >= 0.3 is 0 Å². The molecule has 0 aliphatic carbocycles. The number of nitrogens with one attached hydrogen (secondary N) is 1. The van der Waals surface area contributed by atoms with E-state index in [4.69, 9.17) is 15.6 Å². The largest absolute Gasteiger partial charge is 0.468 e. The Morgan fingerprint density at radius 3 is 2.94 bits per heavy atom. The fraction of sp³-hybridized carbons (Fsp3) is 0.0909. The number of aryl methyl sites for hydroxylation is 1. The smallest absolute Gasteiger partial charge is 0.122 e. The molecule has 0 spiro atoms. The third-order valence-corrected chi connectivity index (χ3v) is 3.15. The molecule has 4 nitrogen and oxygen atoms in total. The third-order valence-electron chi connectivity index (χ3n) is 2.07. The number of nitrogens with two attached hydrogens (primary N) is 1. The van der Waals surface area contributed by atoms with Crippen molar-refractivity contribution in [2.24, 2.45) is 5.73 Å². The molecular weight excluding hydrogens is 222 g/mol. The summed E-state index contributed by atoms with van der Waals surface area (Å²) >= 11 is 1.50. The van der Waals surface area contributed by atoms with Crippen LogP contribution in [-0.2, 0) is 0 Å². The highest BCUT2D eigenvalue weighted by atomic mass is 32.2. The van der Waals surface area contributed by atoms with Crippen molar-refractivity contribution in [1.82, 2.24) is 4.98 Å². The summed E-state index contributed by atoms with van der Waals surface area (Å²) < 4.78 is 5.20. The minimum absolute atomic E-state index is 0.0492. The van der Waals surface area contributed by atoms with Gasteiger partial charge in [0, 0.05) is 11.8 Å². The van der Waals surface area contributed by atoms with E-state index in [9.17, 15) is 0 Å². The Hall–Kier alpha value is -1.75. The molecular formula is C11H11N3OS. The van der Waals surface area contributed by atoms with Crippen LogP contribution in [0.15, 0.2) is 45.0 Å². The fourth-order valence-electron chi connectivity index (χ4n) is 1.22. The lowest BCUT2D eigenvalue weighted by molar-refractivity contribution is 0.527. The van der Waals surface area contributed by atoms with Crippen LogP contribution < -0.4 is 5.73 Å². The second-order valence-corrected chi connectivity index (χ2v) is 4.30. The topological polar surface area (TPSA) is 75.9 Å². The van der Waals surface area contributed by atoms with E-state index < -0.39 is 0 Å². The number of pyridine rings is 1. The standard InChI is InChI=1S/C11H11N3OS/c1-7-9(3-5-15-7)16-10-6-8(11(12)13)2-4-14-10/h2-6H,1H3,(H3,12,13). The van der Waals surface area contributed by atoms with Crippen LogP contribution in [0.5, 0.6) is 0 Å². The average Bonchev–Trinajstić information content (AvgIpc) is 2.65. The summed E-state index contributed by atoms with van der Waals surface area (Å²) in [6.07, 6.45) is 3.29. The number of furan rings is 1. The maximum Gasteiger partial charge on any atom is 0.122 e. The highest BCUT2D eigenvalue weighted by Gasteiger charge is 2.06. The maximum atomic E-state index is 7.35. The Bertz CT molecular complexity index is 521. The van der Waals surface area contributed by atoms with Gasteiger partial charge < -0.3 is 10.2 Å². The maximum absolute atomic E-state index is 7.35. The van der Waals surface area contributed by atoms with Gasteiger partial charge in [0.25, 0.3) is 0 Å². The molecule has 2 aromatic rings. The number of amidine groups is 1. The van der Waals surface area contributed by atoms with Crippen molar-refractivity contribution in [1.29, 1.82) is 5.41 Å². The zero-order valence-corrected chi connectivity index (χ0v) is 9.54. The summed E-state index contributed by atoms with van der Waals surface area (Å²) in [6.45, 7) is 1.90. The van der Waals surface area contributed by atoms with Gasteiger partial charge in [-0.05, 0) is 25.1 Å². The number of rotatable bonds is 3. The van der Waals surface area contributed by atoms with Gasteiger partial charge in [-0.3, -0.25) is 5.41 Å². The molecule has 0 aliphatic heterocycles. The summed E-state index contributed by atoms with van der Waals surface area (Å²) in [5.41, 5.74) is 6.09. The molecule has 2 aromatic heterocycles. The molecule has 2 heterocycles. The van der Waals surface area contributed by atoms with Crippen LogP contribution in [0, 0.1) is 12.3 Å². The van der Waals surface area contributed by atoms with Crippen molar-refractivity contribution >= 4 is 17.6 Å². The van der Waals surface area contributed by atoms with E-state index in [-0.39, 0.29) is 5.84 Å². The van der Waals surface area contributed by atoms with Crippen molar-refractivity contribution < 1.29 is 4.42 Å². The number of hydrogen-bond acceptors (Lipinski definition) is 4. The number of hydrogen-bond donors (Lipinski definition) is 2. The summed E-state index contributed by atoms with van der Waals surface area (Å²) in [5.74, 6) is 0.910. The predicted octanol–water partition coefficient (Wildman–Crippen LogP) is 2.42. The Morgan fingerprint density at radius 2 is 2.31 bits per heavy atom. The molecule has 82 valence electrons. The number of nitrogen functional groups attached to an aromatic ring is 1. The van der Waals surface area contributed by atoms with Crippen LogP contribution in [-0.4, -0.2) is 10.8 Å². The minimum Gasteiger partial charge on any atom is -0.468 e. The first kappa shape index (κ1) is 10.8. The molecule has 2 rings (SSSR count). The Kier molecular flexibility index (Phi) is 2.96. The molecule has 0 fully saturated rings. The highest BCUT2D eigenvalue weighted by molar-refractivity contribution is 7.99. The normalized spacial score (nSPS) is 10.3. The molecule has 0 radical (unpaired) electrons. The van der Waals surface area contributed by atoms with Gasteiger partial charge in [-0.2, -0.15) is 0 Å². The molecule has 3 N–H and O–H groups in total. The van der Waals surface area contributed by atoms with Crippen LogP contribution in [0.25, 0.3) is 0 Å². The van der Waals surface area contributed by atoms with E-state index in [0.717, 1.165) is 15.7 Å². The van der Waals surface area contributed by atoms with Crippen molar-refractivity contribution in [2.45, 2.75) is 16.8 Å². The SMILES string of the molecule is Cc1occc1Sc1cc(C(=N)N)ccn1. The summed E-state index contributed by atoms with van der Waals surface area (Å²) in [7, 11) is 0. The van der Waals surface area contributed by atoms with Gasteiger partial charge in [0.1, 0.15) is 16.6 Å². The van der Waals surface area contributed by atoms with Gasteiger partial charge in [0.2, 0.25) is 0 Å². The molecule has 0 aliphatic rings. The molecule has 0 saturated carbocycles. The lowest BCUT2D eigenvalue weighted by atomic mass is 10.2. The van der Waals surface area contributed by atoms with E-state index in [2.05, 4.69) is 4.98 Å². The summed E-state index contributed by atoms with van der Waals surface area (Å²) in [6, 6.07) is 5.40. The van der Waals surface area contributed by atoms with Gasteiger partial charge in [-0.15, -0.1) is 0 Å². The van der Waals surface area contributed by atoms with Gasteiger partial charge in [0.05, 0.1) is 11.2 Å². The monoisotopic (exact) mass is 233 g/mol. The van der Waals surface area contributed by atoms with Gasteiger partial charge in [-0.1, -0.05) is 11.8 Å². The molecule has 0 atom stereocenters. The molecule has 0 aromatic carbocycles. The van der Waals surface area contributed by atoms with Crippen molar-refractivity contribution in [3.05, 3.63) is 42.0 Å². The van der Waals surface area contributed by atoms with Crippen LogP contribution in [0.2, 0.25) is 0 Å². The fourth-order valence-corrected chi connectivity index (χ4v) is 2.06. The van der Waals surface area contributed by atoms with Crippen LogP contribution >= 0.6 is 11.8 Å². The van der Waals surface area contributed by atoms with Crippen LogP contribution in [0.1, 0.15) is 11.3 Å². The van der Waals surface area contributed by atoms with Crippen molar-refractivity contribution in [3.8, 4) is 0 Å². The molecule has 0 amide bonds. The number of aromatic nitrogens is 1. The van der Waals surface area contributed by atoms with Crippen molar-refractivity contribution in [2.75, 3.05) is 0 Å². The van der Waals surface area contributed by atoms with Crippen LogP contribution in [0.4, 0.5) is 0 Å². The quantitative estimate of drug-likeness (QED) is 0.630. The molecule has 0 saturated heterocycles. The predicted molar refractivity (Wildman–Crippen MR) is 62.8 cm³/mol. The van der Waals surface area contributed by atoms with Gasteiger partial charge in [0.15, 0.2) is 0 Å². The van der Waals surface area contributed by atoms with E-state index in [1.807, 2.05) is 13.0 Å². The van der Waals surface area contributed by atoms with E-state index >= 15 is 0 Å². The summed E-state index contributed by atoms with van der Waals surface area (Å²) in [5, 5.41) is 8.15. The Labute approximate surface area is 97.4 Å². The minimum atomic E-state index is 0.0492. The summed E-state index contributed by atoms with van der Waals surface area (Å²) in [4.78, 5) is 5.23. The lowest BCUT2D eigenvalue weighted by Crippen LogP contribution is -2.10. The second kappa shape index (κ2) is 4.40. The first-order chi connectivity index (χ1) is 7.66. The first-order valence-corrected chi connectivity index (χ1v) is 5.51. The Morgan fingerprint density at radius 1 is 1.50 bits per heavy atom. The third kappa shape index (κ3) is 2.25. The molecule has 16 heavy (non-hydrogen) atoms. The van der Waals surface area contributed by atoms with Crippen LogP contribution in [0.3, 0.4) is 0 Å². The average molecular weight is 233 g/mol. The van der Waals surface area contributed by atoms with E-state index in [0.29, 0.717) is 5.56 Å². The van der Waals surface area contributed by atoms with E-state index in [1.54, 1.807) is 24.6 Å². The molecule has 0 unspecified atom stereocenters. The Balaban J connectivity index is 2.25. The number of nitrogens with zero attached hydrogens (tertiary/aromatic N) is 1. The highest BCUT2D eigenvalue weighted by Crippen LogP contribution is 2.29. The second-order valence-electron chi connectivity index (χ2n) is 3.24. The van der Waals surface area contributed by atoms with E-state index in [1.165, 1.54) is 11.8 Å².